The first-order valence-corrected chi connectivity index (χ1v) is 12.7. The van der Waals surface area contributed by atoms with Crippen LogP contribution in [0.1, 0.15) is 44.6 Å². The molecule has 1 atom stereocenters. The summed E-state index contributed by atoms with van der Waals surface area (Å²) in [5.41, 5.74) is 2.25. The zero-order valence-corrected chi connectivity index (χ0v) is 19.4. The van der Waals surface area contributed by atoms with E-state index in [9.17, 15) is 13.2 Å². The fourth-order valence-corrected chi connectivity index (χ4v) is 4.97. The molecule has 172 valence electrons. The molecule has 0 bridgehead atoms. The summed E-state index contributed by atoms with van der Waals surface area (Å²) in [4.78, 5) is 13.1. The topological polar surface area (TPSA) is 84.5 Å². The summed E-state index contributed by atoms with van der Waals surface area (Å²) in [5.74, 6) is 0.279. The average Bonchev–Trinajstić information content (AvgIpc) is 2.80. The minimum atomic E-state index is -3.88. The van der Waals surface area contributed by atoms with E-state index in [1.807, 2.05) is 37.3 Å². The van der Waals surface area contributed by atoms with E-state index in [1.54, 1.807) is 12.1 Å². The lowest BCUT2D eigenvalue weighted by molar-refractivity contribution is -0.122. The Bertz CT molecular complexity index is 1000. The van der Waals surface area contributed by atoms with Crippen LogP contribution in [0.15, 0.2) is 71.1 Å². The van der Waals surface area contributed by atoms with Gasteiger partial charge in [0.1, 0.15) is 11.8 Å². The number of benzene rings is 2. The number of carbonyl (C=O) groups is 1. The average molecular weight is 457 g/mol. The number of hydrogen-bond donors (Lipinski definition) is 2. The Hall–Kier alpha value is -2.64. The third-order valence-electron chi connectivity index (χ3n) is 5.47. The third kappa shape index (κ3) is 7.21. The molecule has 3 rings (SSSR count). The van der Waals surface area contributed by atoms with Crippen LogP contribution in [-0.2, 0) is 21.2 Å². The lowest BCUT2D eigenvalue weighted by Crippen LogP contribution is -2.48. The van der Waals surface area contributed by atoms with E-state index in [1.165, 1.54) is 30.5 Å². The largest absolute Gasteiger partial charge is 0.494 e. The zero-order valence-electron chi connectivity index (χ0n) is 18.5. The van der Waals surface area contributed by atoms with E-state index in [2.05, 4.69) is 16.1 Å². The Balaban J connectivity index is 1.69. The van der Waals surface area contributed by atoms with Crippen LogP contribution in [0.4, 0.5) is 0 Å². The van der Waals surface area contributed by atoms with Crippen molar-refractivity contribution >= 4 is 15.9 Å². The first-order valence-electron chi connectivity index (χ1n) is 11.2. The smallest absolute Gasteiger partial charge is 0.241 e. The van der Waals surface area contributed by atoms with Crippen LogP contribution >= 0.6 is 0 Å². The number of hydrogen-bond acceptors (Lipinski definition) is 4. The minimum Gasteiger partial charge on any atom is -0.494 e. The van der Waals surface area contributed by atoms with E-state index in [-0.39, 0.29) is 17.2 Å². The van der Waals surface area contributed by atoms with Gasteiger partial charge < -0.3 is 10.1 Å². The van der Waals surface area contributed by atoms with Crippen LogP contribution in [0.3, 0.4) is 0 Å². The molecule has 0 unspecified atom stereocenters. The van der Waals surface area contributed by atoms with Gasteiger partial charge in [0.05, 0.1) is 11.5 Å². The van der Waals surface area contributed by atoms with Crippen molar-refractivity contribution in [2.24, 2.45) is 0 Å². The number of ether oxygens (including phenoxy) is 1. The highest BCUT2D eigenvalue weighted by atomic mass is 32.2. The van der Waals surface area contributed by atoms with Gasteiger partial charge in [-0.15, -0.1) is 0 Å². The standard InChI is InChI=1S/C25H32N2O4S/c1-2-31-22-13-15-23(16-14-22)32(29,30)27-24(19-21-11-7-4-8-12-21)25(28)26-18-17-20-9-5-3-6-10-20/h4,7-9,11-16,24,27H,2-3,5-6,10,17-19H2,1H3,(H,26,28)/t24-/m1/s1. The molecule has 7 heteroatoms. The molecule has 6 nitrogen and oxygen atoms in total. The predicted molar refractivity (Wildman–Crippen MR) is 126 cm³/mol. The number of rotatable bonds is 11. The minimum absolute atomic E-state index is 0.0965. The summed E-state index contributed by atoms with van der Waals surface area (Å²) in [7, 11) is -3.88. The maximum Gasteiger partial charge on any atom is 0.241 e. The first-order chi connectivity index (χ1) is 15.5. The fourth-order valence-electron chi connectivity index (χ4n) is 3.78. The van der Waals surface area contributed by atoms with Crippen molar-refractivity contribution in [3.05, 3.63) is 71.8 Å². The van der Waals surface area contributed by atoms with Crippen molar-refractivity contribution in [3.63, 3.8) is 0 Å². The van der Waals surface area contributed by atoms with Crippen LogP contribution in [-0.4, -0.2) is 33.5 Å². The van der Waals surface area contributed by atoms with Gasteiger partial charge in [0.2, 0.25) is 15.9 Å². The first kappa shape index (κ1) is 24.0. The maximum absolute atomic E-state index is 13.0. The molecule has 0 aromatic heterocycles. The van der Waals surface area contributed by atoms with Gasteiger partial charge in [-0.25, -0.2) is 8.42 Å². The molecular formula is C25H32N2O4S. The normalized spacial score (nSPS) is 15.0. The predicted octanol–water partition coefficient (Wildman–Crippen LogP) is 3.98. The molecule has 0 heterocycles. The summed E-state index contributed by atoms with van der Waals surface area (Å²) in [6.45, 7) is 2.87. The molecule has 0 saturated heterocycles. The summed E-state index contributed by atoms with van der Waals surface area (Å²) in [6, 6.07) is 14.7. The molecule has 1 aliphatic carbocycles. The van der Waals surface area contributed by atoms with E-state index in [0.29, 0.717) is 18.9 Å². The Labute approximate surface area is 191 Å². The quantitative estimate of drug-likeness (QED) is 0.501. The van der Waals surface area contributed by atoms with Crippen molar-refractivity contribution < 1.29 is 17.9 Å². The van der Waals surface area contributed by atoms with Crippen molar-refractivity contribution in [1.82, 2.24) is 10.0 Å². The second-order valence-corrected chi connectivity index (χ2v) is 9.63. The molecule has 0 saturated carbocycles. The third-order valence-corrected chi connectivity index (χ3v) is 6.96. The molecule has 2 aromatic carbocycles. The van der Waals surface area contributed by atoms with Crippen LogP contribution in [0.5, 0.6) is 5.75 Å². The summed E-state index contributed by atoms with van der Waals surface area (Å²) in [6.07, 6.45) is 7.92. The van der Waals surface area contributed by atoms with Crippen molar-refractivity contribution in [2.75, 3.05) is 13.2 Å². The summed E-state index contributed by atoms with van der Waals surface area (Å²) < 4.78 is 34.0. The van der Waals surface area contributed by atoms with Gasteiger partial charge in [0.15, 0.2) is 0 Å². The van der Waals surface area contributed by atoms with Crippen molar-refractivity contribution in [1.29, 1.82) is 0 Å². The molecule has 2 N–H and O–H groups in total. The van der Waals surface area contributed by atoms with Crippen LogP contribution in [0.25, 0.3) is 0 Å². The number of nitrogens with one attached hydrogen (secondary N) is 2. The molecular weight excluding hydrogens is 424 g/mol. The number of sulfonamides is 1. The van der Waals surface area contributed by atoms with Crippen molar-refractivity contribution in [3.8, 4) is 5.75 Å². The molecule has 0 aliphatic heterocycles. The monoisotopic (exact) mass is 456 g/mol. The molecule has 0 spiro atoms. The molecule has 1 aliphatic rings. The van der Waals surface area contributed by atoms with Gasteiger partial charge in [-0.05, 0) is 75.3 Å². The molecule has 1 amide bonds. The lowest BCUT2D eigenvalue weighted by Gasteiger charge is -2.20. The van der Waals surface area contributed by atoms with Gasteiger partial charge >= 0.3 is 0 Å². The Morgan fingerprint density at radius 1 is 1.06 bits per heavy atom. The maximum atomic E-state index is 13.0. The lowest BCUT2D eigenvalue weighted by atomic mass is 9.97. The van der Waals surface area contributed by atoms with Gasteiger partial charge in [-0.2, -0.15) is 4.72 Å². The second-order valence-electron chi connectivity index (χ2n) is 7.92. The van der Waals surface area contributed by atoms with Gasteiger partial charge in [0.25, 0.3) is 0 Å². The Kier molecular flexibility index (Phi) is 8.88. The van der Waals surface area contributed by atoms with E-state index < -0.39 is 16.1 Å². The fraction of sp³-hybridized carbons (Fsp3) is 0.400. The zero-order chi connectivity index (χ0) is 22.8. The molecule has 0 fully saturated rings. The van der Waals surface area contributed by atoms with E-state index >= 15 is 0 Å². The van der Waals surface area contributed by atoms with Crippen LogP contribution < -0.4 is 14.8 Å². The molecule has 0 radical (unpaired) electrons. The number of allylic oxidation sites excluding steroid dienone is 1. The highest BCUT2D eigenvalue weighted by molar-refractivity contribution is 7.89. The van der Waals surface area contributed by atoms with Crippen LogP contribution in [0, 0.1) is 0 Å². The summed E-state index contributed by atoms with van der Waals surface area (Å²) in [5, 5.41) is 2.92. The van der Waals surface area contributed by atoms with Gasteiger partial charge in [0, 0.05) is 6.54 Å². The number of carbonyl (C=O) groups excluding carboxylic acids is 1. The van der Waals surface area contributed by atoms with Gasteiger partial charge in [-0.1, -0.05) is 42.0 Å². The summed E-state index contributed by atoms with van der Waals surface area (Å²) >= 11 is 0. The van der Waals surface area contributed by atoms with E-state index in [4.69, 9.17) is 4.74 Å². The number of amides is 1. The SMILES string of the molecule is CCOc1ccc(S(=O)(=O)N[C@H](Cc2ccccc2)C(=O)NCCC2=CCCCC2)cc1. The van der Waals surface area contributed by atoms with Crippen LogP contribution in [0.2, 0.25) is 0 Å². The molecule has 32 heavy (non-hydrogen) atoms. The highest BCUT2D eigenvalue weighted by Gasteiger charge is 2.26. The van der Waals surface area contributed by atoms with E-state index in [0.717, 1.165) is 24.8 Å². The van der Waals surface area contributed by atoms with Gasteiger partial charge in [-0.3, -0.25) is 4.79 Å². The Morgan fingerprint density at radius 3 is 2.47 bits per heavy atom. The Morgan fingerprint density at radius 2 is 1.81 bits per heavy atom. The highest BCUT2D eigenvalue weighted by Crippen LogP contribution is 2.20. The molecule has 2 aromatic rings. The van der Waals surface area contributed by atoms with Crippen molar-refractivity contribution in [2.45, 2.75) is 56.4 Å². The second kappa shape index (κ2) is 11.8.